The molecule has 2 rings (SSSR count). The minimum atomic E-state index is 0.0818. The van der Waals surface area contributed by atoms with Crippen LogP contribution in [0.15, 0.2) is 54.6 Å². The van der Waals surface area contributed by atoms with Crippen molar-refractivity contribution in [3.05, 3.63) is 70.7 Å². The Kier molecular flexibility index (Phi) is 5.99. The molecule has 0 N–H and O–H groups in total. The lowest BCUT2D eigenvalue weighted by Gasteiger charge is -2.22. The average Bonchev–Trinajstić information content (AvgIpc) is 2.50. The van der Waals surface area contributed by atoms with Crippen LogP contribution in [-0.2, 0) is 17.9 Å². The molecule has 0 radical (unpaired) electrons. The Balaban J connectivity index is 1.87. The summed E-state index contributed by atoms with van der Waals surface area (Å²) in [6, 6.07) is 17.7. The van der Waals surface area contributed by atoms with Gasteiger partial charge in [0.25, 0.3) is 0 Å². The molecule has 0 bridgehead atoms. The second-order valence-corrected chi connectivity index (χ2v) is 5.91. The Bertz CT molecular complexity index is 615. The van der Waals surface area contributed by atoms with Gasteiger partial charge < -0.3 is 4.90 Å². The summed E-state index contributed by atoms with van der Waals surface area (Å²) in [5.41, 5.74) is 2.16. The molecule has 116 valence electrons. The number of benzene rings is 2. The number of carbonyl (C=O) groups excluding carboxylic acids is 1. The molecule has 2 aromatic rings. The normalized spacial score (nSPS) is 10.7. The van der Waals surface area contributed by atoms with Gasteiger partial charge in [0, 0.05) is 25.2 Å². The minimum Gasteiger partial charge on any atom is -0.340 e. The molecule has 3 nitrogen and oxygen atoms in total. The number of halogens is 1. The van der Waals surface area contributed by atoms with Gasteiger partial charge in [0.15, 0.2) is 0 Å². The highest BCUT2D eigenvalue weighted by atomic mass is 35.5. The third kappa shape index (κ3) is 4.86. The molecule has 0 fully saturated rings. The molecular weight excluding hydrogens is 296 g/mol. The van der Waals surface area contributed by atoms with Crippen molar-refractivity contribution in [3.63, 3.8) is 0 Å². The summed E-state index contributed by atoms with van der Waals surface area (Å²) in [6.45, 7) is 1.67. The largest absolute Gasteiger partial charge is 0.340 e. The van der Waals surface area contributed by atoms with Crippen molar-refractivity contribution >= 4 is 17.5 Å². The van der Waals surface area contributed by atoms with Crippen LogP contribution in [0.4, 0.5) is 0 Å². The van der Waals surface area contributed by atoms with E-state index >= 15 is 0 Å². The van der Waals surface area contributed by atoms with E-state index < -0.39 is 0 Å². The van der Waals surface area contributed by atoms with Crippen molar-refractivity contribution < 1.29 is 4.79 Å². The first-order valence-corrected chi connectivity index (χ1v) is 7.64. The molecule has 0 spiro atoms. The predicted octanol–water partition coefficient (Wildman–Crippen LogP) is 3.43. The van der Waals surface area contributed by atoms with Gasteiger partial charge in [-0.2, -0.15) is 0 Å². The van der Waals surface area contributed by atoms with E-state index in [2.05, 4.69) is 12.1 Å². The molecule has 0 saturated heterocycles. The maximum absolute atomic E-state index is 12.3. The highest BCUT2D eigenvalue weighted by Gasteiger charge is 2.13. The van der Waals surface area contributed by atoms with E-state index in [1.807, 2.05) is 61.5 Å². The van der Waals surface area contributed by atoms with Gasteiger partial charge >= 0.3 is 0 Å². The predicted molar refractivity (Wildman–Crippen MR) is 90.7 cm³/mol. The van der Waals surface area contributed by atoms with E-state index in [1.54, 1.807) is 4.90 Å². The second kappa shape index (κ2) is 7.97. The van der Waals surface area contributed by atoms with Crippen LogP contribution in [0.1, 0.15) is 11.1 Å². The Morgan fingerprint density at radius 2 is 1.59 bits per heavy atom. The Morgan fingerprint density at radius 3 is 2.27 bits per heavy atom. The van der Waals surface area contributed by atoms with Crippen LogP contribution in [0.25, 0.3) is 0 Å². The lowest BCUT2D eigenvalue weighted by atomic mass is 10.2. The lowest BCUT2D eigenvalue weighted by molar-refractivity contribution is -0.131. The first kappa shape index (κ1) is 16.5. The zero-order valence-corrected chi connectivity index (χ0v) is 13.8. The zero-order valence-electron chi connectivity index (χ0n) is 13.0. The molecule has 0 atom stereocenters. The van der Waals surface area contributed by atoms with Crippen LogP contribution in [0, 0.1) is 0 Å². The minimum absolute atomic E-state index is 0.0818. The molecule has 22 heavy (non-hydrogen) atoms. The average molecular weight is 317 g/mol. The quantitative estimate of drug-likeness (QED) is 0.815. The van der Waals surface area contributed by atoms with E-state index in [9.17, 15) is 4.79 Å². The topological polar surface area (TPSA) is 23.6 Å². The summed E-state index contributed by atoms with van der Waals surface area (Å²) >= 11 is 6.14. The van der Waals surface area contributed by atoms with E-state index in [1.165, 1.54) is 5.56 Å². The summed E-state index contributed by atoms with van der Waals surface area (Å²) in [6.07, 6.45) is 0. The molecule has 0 saturated carbocycles. The molecule has 0 unspecified atom stereocenters. The molecule has 0 aliphatic heterocycles. The fraction of sp³-hybridized carbons (Fsp3) is 0.278. The SMILES string of the molecule is CN(CC(=O)N(C)Cc1ccccc1Cl)Cc1ccccc1. The fourth-order valence-corrected chi connectivity index (χ4v) is 2.47. The Labute approximate surface area is 137 Å². The number of hydrogen-bond acceptors (Lipinski definition) is 2. The molecule has 4 heteroatoms. The summed E-state index contributed by atoms with van der Waals surface area (Å²) in [4.78, 5) is 16.0. The van der Waals surface area contributed by atoms with Gasteiger partial charge in [-0.1, -0.05) is 60.1 Å². The van der Waals surface area contributed by atoms with Crippen LogP contribution in [0.5, 0.6) is 0 Å². The monoisotopic (exact) mass is 316 g/mol. The molecule has 0 aliphatic rings. The zero-order chi connectivity index (χ0) is 15.9. The fourth-order valence-electron chi connectivity index (χ4n) is 2.27. The highest BCUT2D eigenvalue weighted by Crippen LogP contribution is 2.16. The Morgan fingerprint density at radius 1 is 0.955 bits per heavy atom. The number of nitrogens with zero attached hydrogens (tertiary/aromatic N) is 2. The number of carbonyl (C=O) groups is 1. The van der Waals surface area contributed by atoms with Gasteiger partial charge in [0.05, 0.1) is 6.54 Å². The molecular formula is C18H21ClN2O. The third-order valence-electron chi connectivity index (χ3n) is 3.49. The van der Waals surface area contributed by atoms with Crippen molar-refractivity contribution in [2.24, 2.45) is 0 Å². The van der Waals surface area contributed by atoms with Crippen LogP contribution in [-0.4, -0.2) is 36.3 Å². The van der Waals surface area contributed by atoms with Crippen molar-refractivity contribution in [2.45, 2.75) is 13.1 Å². The van der Waals surface area contributed by atoms with Gasteiger partial charge in [0.1, 0.15) is 0 Å². The first-order valence-electron chi connectivity index (χ1n) is 7.26. The van der Waals surface area contributed by atoms with Gasteiger partial charge in [-0.3, -0.25) is 9.69 Å². The third-order valence-corrected chi connectivity index (χ3v) is 3.86. The maximum Gasteiger partial charge on any atom is 0.236 e. The van der Waals surface area contributed by atoms with Gasteiger partial charge in [0.2, 0.25) is 5.91 Å². The van der Waals surface area contributed by atoms with Gasteiger partial charge in [-0.25, -0.2) is 0 Å². The van der Waals surface area contributed by atoms with Gasteiger partial charge in [-0.15, -0.1) is 0 Å². The van der Waals surface area contributed by atoms with Crippen LogP contribution in [0.3, 0.4) is 0 Å². The smallest absolute Gasteiger partial charge is 0.236 e. The lowest BCUT2D eigenvalue weighted by Crippen LogP contribution is -2.36. The maximum atomic E-state index is 12.3. The molecule has 0 aromatic heterocycles. The van der Waals surface area contributed by atoms with Crippen LogP contribution < -0.4 is 0 Å². The molecule has 0 heterocycles. The number of amides is 1. The van der Waals surface area contributed by atoms with Crippen molar-refractivity contribution in [1.29, 1.82) is 0 Å². The number of hydrogen-bond donors (Lipinski definition) is 0. The van der Waals surface area contributed by atoms with E-state index in [-0.39, 0.29) is 5.91 Å². The second-order valence-electron chi connectivity index (χ2n) is 5.50. The number of likely N-dealkylation sites (N-methyl/N-ethyl adjacent to an activating group) is 2. The van der Waals surface area contributed by atoms with E-state index in [0.29, 0.717) is 18.1 Å². The summed E-state index contributed by atoms with van der Waals surface area (Å²) in [5.74, 6) is 0.0818. The van der Waals surface area contributed by atoms with Crippen molar-refractivity contribution in [1.82, 2.24) is 9.80 Å². The van der Waals surface area contributed by atoms with Crippen molar-refractivity contribution in [3.8, 4) is 0 Å². The first-order chi connectivity index (χ1) is 10.6. The summed E-state index contributed by atoms with van der Waals surface area (Å²) in [5, 5.41) is 0.694. The molecule has 0 aliphatic carbocycles. The van der Waals surface area contributed by atoms with Crippen molar-refractivity contribution in [2.75, 3.05) is 20.6 Å². The van der Waals surface area contributed by atoms with E-state index in [0.717, 1.165) is 12.1 Å². The summed E-state index contributed by atoms with van der Waals surface area (Å²) in [7, 11) is 3.76. The van der Waals surface area contributed by atoms with Crippen LogP contribution in [0.2, 0.25) is 5.02 Å². The standard InChI is InChI=1S/C18H21ClN2O/c1-20(12-15-8-4-3-5-9-15)14-18(22)21(2)13-16-10-6-7-11-17(16)19/h3-11H,12-14H2,1-2H3. The molecule has 2 aromatic carbocycles. The summed E-state index contributed by atoms with van der Waals surface area (Å²) < 4.78 is 0. The molecule has 1 amide bonds. The Hall–Kier alpha value is -1.84. The van der Waals surface area contributed by atoms with Crippen LogP contribution >= 0.6 is 11.6 Å². The number of rotatable bonds is 6. The highest BCUT2D eigenvalue weighted by molar-refractivity contribution is 6.31. The van der Waals surface area contributed by atoms with E-state index in [4.69, 9.17) is 11.6 Å². The van der Waals surface area contributed by atoms with Gasteiger partial charge in [-0.05, 0) is 24.2 Å².